The van der Waals surface area contributed by atoms with Gasteiger partial charge in [-0.1, -0.05) is 28.1 Å². The number of thiocarbonyl (C=S) groups is 1. The fraction of sp³-hybridized carbons (Fsp3) is 0.500. The summed E-state index contributed by atoms with van der Waals surface area (Å²) in [4.78, 5) is 5.48. The lowest BCUT2D eigenvalue weighted by Crippen LogP contribution is -2.47. The smallest absolute Gasteiger partial charge is 0.106 e. The zero-order valence-electron chi connectivity index (χ0n) is 10.8. The van der Waals surface area contributed by atoms with E-state index in [1.54, 1.807) is 0 Å². The van der Waals surface area contributed by atoms with E-state index in [1.165, 1.54) is 18.5 Å². The molecule has 0 atom stereocenters. The molecule has 1 saturated heterocycles. The first kappa shape index (κ1) is 13.3. The summed E-state index contributed by atoms with van der Waals surface area (Å²) in [5.74, 6) is 0. The number of hydrogen-bond donors (Lipinski definition) is 1. The van der Waals surface area contributed by atoms with E-state index in [2.05, 4.69) is 37.9 Å². The quantitative estimate of drug-likeness (QED) is 0.857. The summed E-state index contributed by atoms with van der Waals surface area (Å²) in [6.45, 7) is 4.43. The van der Waals surface area contributed by atoms with E-state index in [0.29, 0.717) is 4.99 Å². The average molecular weight is 340 g/mol. The van der Waals surface area contributed by atoms with E-state index >= 15 is 0 Å². The van der Waals surface area contributed by atoms with Gasteiger partial charge in [-0.15, -0.1) is 0 Å². The highest BCUT2D eigenvalue weighted by molar-refractivity contribution is 9.10. The maximum absolute atomic E-state index is 5.85. The largest absolute Gasteiger partial charge is 0.389 e. The second-order valence-electron chi connectivity index (χ2n) is 5.28. The molecule has 2 aliphatic rings. The number of anilines is 1. The van der Waals surface area contributed by atoms with Crippen molar-refractivity contribution in [3.63, 3.8) is 0 Å². The van der Waals surface area contributed by atoms with Crippen molar-refractivity contribution >= 4 is 38.8 Å². The molecule has 1 aliphatic carbocycles. The molecule has 2 N–H and O–H groups in total. The number of nitrogens with zero attached hydrogens (tertiary/aromatic N) is 2. The normalized spacial score (nSPS) is 20.6. The maximum atomic E-state index is 5.85. The molecule has 0 amide bonds. The first-order valence-electron chi connectivity index (χ1n) is 6.73. The zero-order valence-corrected chi connectivity index (χ0v) is 13.2. The van der Waals surface area contributed by atoms with Crippen molar-refractivity contribution in [1.29, 1.82) is 0 Å². The van der Waals surface area contributed by atoms with Gasteiger partial charge in [0, 0.05) is 47.9 Å². The second kappa shape index (κ2) is 5.38. The molecule has 1 saturated carbocycles. The highest BCUT2D eigenvalue weighted by Gasteiger charge is 2.31. The topological polar surface area (TPSA) is 32.5 Å². The molecule has 1 aliphatic heterocycles. The molecule has 5 heteroatoms. The molecule has 3 nitrogen and oxygen atoms in total. The Hall–Kier alpha value is -0.650. The Balaban J connectivity index is 1.77. The highest BCUT2D eigenvalue weighted by atomic mass is 79.9. The van der Waals surface area contributed by atoms with Crippen LogP contribution >= 0.6 is 28.1 Å². The van der Waals surface area contributed by atoms with E-state index in [9.17, 15) is 0 Å². The first-order valence-corrected chi connectivity index (χ1v) is 7.93. The van der Waals surface area contributed by atoms with Gasteiger partial charge < -0.3 is 10.6 Å². The van der Waals surface area contributed by atoms with Gasteiger partial charge in [-0.3, -0.25) is 4.90 Å². The van der Waals surface area contributed by atoms with E-state index in [-0.39, 0.29) is 0 Å². The summed E-state index contributed by atoms with van der Waals surface area (Å²) in [5.41, 5.74) is 8.00. The summed E-state index contributed by atoms with van der Waals surface area (Å²) in [7, 11) is 0. The molecule has 19 heavy (non-hydrogen) atoms. The molecule has 0 spiro atoms. The molecule has 0 radical (unpaired) electrons. The summed E-state index contributed by atoms with van der Waals surface area (Å²) >= 11 is 8.66. The second-order valence-corrected chi connectivity index (χ2v) is 6.64. The lowest BCUT2D eigenvalue weighted by Gasteiger charge is -2.37. The SMILES string of the molecule is NC(=S)c1cc(Br)ccc1N1CCN(C2CC2)CC1. The Morgan fingerprint density at radius 2 is 1.89 bits per heavy atom. The van der Waals surface area contributed by atoms with Gasteiger partial charge in [-0.25, -0.2) is 0 Å². The van der Waals surface area contributed by atoms with Crippen molar-refractivity contribution < 1.29 is 0 Å². The number of benzene rings is 1. The maximum Gasteiger partial charge on any atom is 0.106 e. The number of halogens is 1. The van der Waals surface area contributed by atoms with Gasteiger partial charge in [0.2, 0.25) is 0 Å². The van der Waals surface area contributed by atoms with Crippen molar-refractivity contribution in [1.82, 2.24) is 4.90 Å². The molecule has 3 rings (SSSR count). The van der Waals surface area contributed by atoms with Gasteiger partial charge in [-0.05, 0) is 31.0 Å². The Kier molecular flexibility index (Phi) is 3.78. The van der Waals surface area contributed by atoms with Crippen LogP contribution in [0.25, 0.3) is 0 Å². The van der Waals surface area contributed by atoms with Crippen LogP contribution in [0.15, 0.2) is 22.7 Å². The summed E-state index contributed by atoms with van der Waals surface area (Å²) in [6, 6.07) is 7.06. The van der Waals surface area contributed by atoms with Crippen LogP contribution in [0.2, 0.25) is 0 Å². The van der Waals surface area contributed by atoms with Gasteiger partial charge in [0.05, 0.1) is 0 Å². The standard InChI is InChI=1S/C14H18BrN3S/c15-10-1-4-13(12(9-10)14(16)19)18-7-5-17(6-8-18)11-2-3-11/h1,4,9,11H,2-3,5-8H2,(H2,16,19). The van der Waals surface area contributed by atoms with Crippen molar-refractivity contribution in [2.24, 2.45) is 5.73 Å². The number of piperazine rings is 1. The van der Waals surface area contributed by atoms with E-state index in [1.807, 2.05) is 6.07 Å². The third-order valence-corrected chi connectivity index (χ3v) is 4.66. The Morgan fingerprint density at radius 3 is 2.47 bits per heavy atom. The molecule has 0 unspecified atom stereocenters. The van der Waals surface area contributed by atoms with E-state index in [0.717, 1.165) is 42.3 Å². The Bertz CT molecular complexity index is 493. The minimum Gasteiger partial charge on any atom is -0.389 e. The average Bonchev–Trinajstić information content (AvgIpc) is 3.23. The van der Waals surface area contributed by atoms with Gasteiger partial charge in [0.25, 0.3) is 0 Å². The zero-order chi connectivity index (χ0) is 13.4. The van der Waals surface area contributed by atoms with Crippen LogP contribution < -0.4 is 10.6 Å². The highest BCUT2D eigenvalue weighted by Crippen LogP contribution is 2.30. The van der Waals surface area contributed by atoms with Gasteiger partial charge in [0.15, 0.2) is 0 Å². The summed E-state index contributed by atoms with van der Waals surface area (Å²) < 4.78 is 1.02. The molecular weight excluding hydrogens is 322 g/mol. The molecule has 1 aromatic rings. The minimum absolute atomic E-state index is 0.473. The van der Waals surface area contributed by atoms with Crippen LogP contribution in [0, 0.1) is 0 Å². The molecule has 1 heterocycles. The predicted molar refractivity (Wildman–Crippen MR) is 86.8 cm³/mol. The number of nitrogens with two attached hydrogens (primary N) is 1. The van der Waals surface area contributed by atoms with Crippen LogP contribution in [-0.2, 0) is 0 Å². The lowest BCUT2D eigenvalue weighted by molar-refractivity contribution is 0.248. The number of hydrogen-bond acceptors (Lipinski definition) is 3. The molecular formula is C14H18BrN3S. The Labute approximate surface area is 127 Å². The van der Waals surface area contributed by atoms with Crippen molar-refractivity contribution in [2.75, 3.05) is 31.1 Å². The minimum atomic E-state index is 0.473. The third kappa shape index (κ3) is 2.93. The molecule has 1 aromatic carbocycles. The first-order chi connectivity index (χ1) is 9.15. The van der Waals surface area contributed by atoms with Crippen LogP contribution in [0.1, 0.15) is 18.4 Å². The van der Waals surface area contributed by atoms with Crippen molar-refractivity contribution in [2.45, 2.75) is 18.9 Å². The van der Waals surface area contributed by atoms with Gasteiger partial charge >= 0.3 is 0 Å². The summed E-state index contributed by atoms with van der Waals surface area (Å²) in [6.07, 6.45) is 2.77. The van der Waals surface area contributed by atoms with E-state index in [4.69, 9.17) is 18.0 Å². The van der Waals surface area contributed by atoms with Gasteiger partial charge in [0.1, 0.15) is 4.99 Å². The van der Waals surface area contributed by atoms with Crippen LogP contribution in [0.3, 0.4) is 0 Å². The predicted octanol–water partition coefficient (Wildman–Crippen LogP) is 2.37. The lowest BCUT2D eigenvalue weighted by atomic mass is 10.1. The molecule has 0 aromatic heterocycles. The fourth-order valence-corrected chi connectivity index (χ4v) is 3.27. The molecule has 102 valence electrons. The number of rotatable bonds is 3. The van der Waals surface area contributed by atoms with E-state index < -0.39 is 0 Å². The molecule has 2 fully saturated rings. The van der Waals surface area contributed by atoms with Gasteiger partial charge in [-0.2, -0.15) is 0 Å². The third-order valence-electron chi connectivity index (χ3n) is 3.94. The van der Waals surface area contributed by atoms with Crippen molar-refractivity contribution in [3.05, 3.63) is 28.2 Å². The van der Waals surface area contributed by atoms with Crippen LogP contribution in [-0.4, -0.2) is 42.1 Å². The fourth-order valence-electron chi connectivity index (χ4n) is 2.75. The Morgan fingerprint density at radius 1 is 1.21 bits per heavy atom. The van der Waals surface area contributed by atoms with Crippen molar-refractivity contribution in [3.8, 4) is 0 Å². The molecule has 0 bridgehead atoms. The summed E-state index contributed by atoms with van der Waals surface area (Å²) in [5, 5.41) is 0. The van der Waals surface area contributed by atoms with Crippen LogP contribution in [0.5, 0.6) is 0 Å². The van der Waals surface area contributed by atoms with Crippen LogP contribution in [0.4, 0.5) is 5.69 Å². The monoisotopic (exact) mass is 339 g/mol.